The number of ether oxygens (including phenoxy) is 5. The van der Waals surface area contributed by atoms with E-state index in [1.165, 1.54) is 13.3 Å². The smallest absolute Gasteiger partial charge is 0.337 e. The fourth-order valence-electron chi connectivity index (χ4n) is 4.67. The van der Waals surface area contributed by atoms with Gasteiger partial charge in [-0.05, 0) is 73.9 Å². The van der Waals surface area contributed by atoms with Gasteiger partial charge in [0.1, 0.15) is 13.2 Å². The number of hydrogen-bond acceptors (Lipinski definition) is 10. The molecule has 250 valence electrons. The molecule has 0 spiro atoms. The van der Waals surface area contributed by atoms with Crippen LogP contribution in [0.3, 0.4) is 0 Å². The molecule has 12 nitrogen and oxygen atoms in total. The first-order chi connectivity index (χ1) is 22.6. The van der Waals surface area contributed by atoms with Gasteiger partial charge in [0.15, 0.2) is 29.2 Å². The van der Waals surface area contributed by atoms with E-state index < -0.39 is 24.3 Å². The number of urea groups is 1. The molecule has 2 amide bonds. The van der Waals surface area contributed by atoms with Gasteiger partial charge in [-0.1, -0.05) is 41.4 Å². The Labute approximate surface area is 282 Å². The normalized spacial score (nSPS) is 15.0. The van der Waals surface area contributed by atoms with Crippen LogP contribution in [0.15, 0.2) is 71.0 Å². The summed E-state index contributed by atoms with van der Waals surface area (Å²) in [5.41, 5.74) is 5.30. The average molecular weight is 688 g/mol. The standard InChI is InChI=1S/C33H36Cl2N4O8/c1-5-44-26-15-22(30-29(32(41)43-4)19(3)37-33(42)38-30)10-11-25(26)46-18-28(40)39-36-16-21-13-24(35)31(27(14-21)45-6-2)47-17-20-8-7-9-23(34)12-20/h7-16,28,30,39-40H,5-6,17-18H2,1-4H3,(H2,37,38,42)/b36-16+/t28-,30-/m0/s1. The van der Waals surface area contributed by atoms with Crippen LogP contribution in [0.25, 0.3) is 0 Å². The summed E-state index contributed by atoms with van der Waals surface area (Å²) in [6.07, 6.45) is 0.281. The molecular formula is C33H36Cl2N4O8. The summed E-state index contributed by atoms with van der Waals surface area (Å²) >= 11 is 12.6. The third-order valence-electron chi connectivity index (χ3n) is 6.71. The van der Waals surface area contributed by atoms with E-state index in [0.29, 0.717) is 63.1 Å². The molecule has 3 aromatic rings. The summed E-state index contributed by atoms with van der Waals surface area (Å²) < 4.78 is 28.2. The molecule has 0 saturated heterocycles. The average Bonchev–Trinajstić information content (AvgIpc) is 3.03. The fraction of sp³-hybridized carbons (Fsp3) is 0.303. The largest absolute Gasteiger partial charge is 0.490 e. The summed E-state index contributed by atoms with van der Waals surface area (Å²) in [6, 6.07) is 14.4. The van der Waals surface area contributed by atoms with Crippen LogP contribution in [0.5, 0.6) is 23.0 Å². The Balaban J connectivity index is 1.40. The number of nitrogens with one attached hydrogen (secondary N) is 3. The number of aliphatic hydroxyl groups is 1. The van der Waals surface area contributed by atoms with Gasteiger partial charge < -0.3 is 39.4 Å². The molecule has 0 aromatic heterocycles. The van der Waals surface area contributed by atoms with Crippen molar-refractivity contribution >= 4 is 41.4 Å². The molecule has 0 aliphatic carbocycles. The van der Waals surface area contributed by atoms with Crippen molar-refractivity contribution in [2.24, 2.45) is 5.10 Å². The molecule has 14 heteroatoms. The lowest BCUT2D eigenvalue weighted by Gasteiger charge is -2.28. The van der Waals surface area contributed by atoms with Crippen molar-refractivity contribution in [2.75, 3.05) is 26.9 Å². The minimum absolute atomic E-state index is 0.186. The van der Waals surface area contributed by atoms with Crippen LogP contribution in [-0.2, 0) is 16.1 Å². The second-order valence-electron chi connectivity index (χ2n) is 10.1. The number of esters is 1. The topological polar surface area (TPSA) is 149 Å². The van der Waals surface area contributed by atoms with E-state index in [1.807, 2.05) is 19.1 Å². The van der Waals surface area contributed by atoms with Crippen LogP contribution in [0, 0.1) is 0 Å². The second kappa shape index (κ2) is 16.8. The first kappa shape index (κ1) is 35.2. The minimum Gasteiger partial charge on any atom is -0.490 e. The van der Waals surface area contributed by atoms with Gasteiger partial charge in [-0.25, -0.2) is 9.59 Å². The molecular weight excluding hydrogens is 651 g/mol. The highest BCUT2D eigenvalue weighted by Crippen LogP contribution is 2.37. The number of allylic oxidation sites excluding steroid dienone is 1. The summed E-state index contributed by atoms with van der Waals surface area (Å²) in [5.74, 6) is 0.933. The van der Waals surface area contributed by atoms with Crippen molar-refractivity contribution in [3.05, 3.63) is 92.6 Å². The number of carbonyl (C=O) groups is 2. The maximum atomic E-state index is 12.5. The molecule has 47 heavy (non-hydrogen) atoms. The molecule has 0 unspecified atom stereocenters. The van der Waals surface area contributed by atoms with Gasteiger partial charge >= 0.3 is 12.0 Å². The monoisotopic (exact) mass is 686 g/mol. The lowest BCUT2D eigenvalue weighted by Crippen LogP contribution is -2.45. The van der Waals surface area contributed by atoms with Crippen LogP contribution < -0.4 is 35.0 Å². The Morgan fingerprint density at radius 2 is 1.79 bits per heavy atom. The molecule has 0 saturated carbocycles. The number of hydrogen-bond donors (Lipinski definition) is 4. The Bertz CT molecular complexity index is 1650. The van der Waals surface area contributed by atoms with Crippen molar-refractivity contribution in [3.63, 3.8) is 0 Å². The van der Waals surface area contributed by atoms with Crippen LogP contribution in [0.4, 0.5) is 4.79 Å². The lowest BCUT2D eigenvalue weighted by molar-refractivity contribution is -0.136. The quantitative estimate of drug-likeness (QED) is 0.0705. The highest BCUT2D eigenvalue weighted by molar-refractivity contribution is 6.32. The van der Waals surface area contributed by atoms with E-state index in [1.54, 1.807) is 56.3 Å². The molecule has 0 fully saturated rings. The number of nitrogens with zero attached hydrogens (tertiary/aromatic N) is 1. The van der Waals surface area contributed by atoms with Gasteiger partial charge in [0.05, 0.1) is 43.2 Å². The predicted octanol–water partition coefficient (Wildman–Crippen LogP) is 5.49. The van der Waals surface area contributed by atoms with Gasteiger partial charge in [0.2, 0.25) is 0 Å². The van der Waals surface area contributed by atoms with Gasteiger partial charge in [-0.2, -0.15) is 5.10 Å². The number of rotatable bonds is 15. The van der Waals surface area contributed by atoms with E-state index >= 15 is 0 Å². The summed E-state index contributed by atoms with van der Waals surface area (Å²) in [4.78, 5) is 24.6. The number of carbonyl (C=O) groups excluding carboxylic acids is 2. The van der Waals surface area contributed by atoms with Crippen molar-refractivity contribution in [1.29, 1.82) is 0 Å². The van der Waals surface area contributed by atoms with E-state index in [-0.39, 0.29) is 18.8 Å². The van der Waals surface area contributed by atoms with Crippen molar-refractivity contribution < 1.29 is 38.4 Å². The number of amides is 2. The molecule has 2 atom stereocenters. The maximum absolute atomic E-state index is 12.5. The zero-order valence-electron chi connectivity index (χ0n) is 26.3. The molecule has 1 heterocycles. The molecule has 0 radical (unpaired) electrons. The Morgan fingerprint density at radius 1 is 1.02 bits per heavy atom. The molecule has 4 N–H and O–H groups in total. The van der Waals surface area contributed by atoms with Crippen LogP contribution in [0.1, 0.15) is 43.5 Å². The van der Waals surface area contributed by atoms with Crippen molar-refractivity contribution in [2.45, 2.75) is 39.6 Å². The van der Waals surface area contributed by atoms with E-state index in [9.17, 15) is 14.7 Å². The third kappa shape index (κ3) is 9.44. The van der Waals surface area contributed by atoms with E-state index in [0.717, 1.165) is 5.56 Å². The fourth-order valence-corrected chi connectivity index (χ4v) is 5.15. The van der Waals surface area contributed by atoms with Gasteiger partial charge in [-0.15, -0.1) is 0 Å². The van der Waals surface area contributed by atoms with Crippen molar-refractivity contribution in [3.8, 4) is 23.0 Å². The number of halogens is 2. The second-order valence-corrected chi connectivity index (χ2v) is 10.9. The minimum atomic E-state index is -1.19. The highest BCUT2D eigenvalue weighted by atomic mass is 35.5. The Kier molecular flexibility index (Phi) is 12.6. The maximum Gasteiger partial charge on any atom is 0.337 e. The number of hydrazone groups is 1. The number of benzene rings is 3. The third-order valence-corrected chi connectivity index (χ3v) is 7.23. The molecule has 3 aromatic carbocycles. The summed E-state index contributed by atoms with van der Waals surface area (Å²) in [5, 5.41) is 20.9. The Hall–Kier alpha value is -4.65. The molecule has 4 rings (SSSR count). The molecule has 1 aliphatic heterocycles. The zero-order chi connectivity index (χ0) is 33.9. The summed E-state index contributed by atoms with van der Waals surface area (Å²) in [6.45, 7) is 6.04. The van der Waals surface area contributed by atoms with E-state index in [2.05, 4.69) is 21.2 Å². The number of aliphatic hydroxyl groups excluding tert-OH is 1. The van der Waals surface area contributed by atoms with Crippen LogP contribution in [0.2, 0.25) is 10.0 Å². The molecule has 0 bridgehead atoms. The first-order valence-corrected chi connectivity index (χ1v) is 15.4. The first-order valence-electron chi connectivity index (χ1n) is 14.7. The van der Waals surface area contributed by atoms with Crippen molar-refractivity contribution in [1.82, 2.24) is 16.1 Å². The summed E-state index contributed by atoms with van der Waals surface area (Å²) in [7, 11) is 1.27. The molecule has 1 aliphatic rings. The van der Waals surface area contributed by atoms with Crippen LogP contribution in [-0.4, -0.2) is 56.5 Å². The highest BCUT2D eigenvalue weighted by Gasteiger charge is 2.32. The van der Waals surface area contributed by atoms with Gasteiger partial charge in [-0.3, -0.25) is 5.43 Å². The van der Waals surface area contributed by atoms with Crippen LogP contribution >= 0.6 is 23.2 Å². The SMILES string of the molecule is CCOc1cc([C@@H]2NC(=O)NC(C)=C2C(=O)OC)ccc1OC[C@H](O)N/N=C/c1cc(Cl)c(OCc2cccc(Cl)c2)c(OCC)c1. The lowest BCUT2D eigenvalue weighted by atomic mass is 9.95. The van der Waals surface area contributed by atoms with E-state index in [4.69, 9.17) is 46.9 Å². The van der Waals surface area contributed by atoms with Gasteiger partial charge in [0.25, 0.3) is 0 Å². The predicted molar refractivity (Wildman–Crippen MR) is 177 cm³/mol. The van der Waals surface area contributed by atoms with Gasteiger partial charge in [0, 0.05) is 10.7 Å². The number of methoxy groups -OCH3 is 1. The Morgan fingerprint density at radius 3 is 2.51 bits per heavy atom. The zero-order valence-corrected chi connectivity index (χ0v) is 27.8.